The third kappa shape index (κ3) is 6.75. The number of hydrogen-bond donors (Lipinski definition) is 0. The molecule has 0 saturated heterocycles. The van der Waals surface area contributed by atoms with Gasteiger partial charge in [0, 0.05) is 0 Å². The van der Waals surface area contributed by atoms with Crippen LogP contribution in [-0.4, -0.2) is 0 Å². The smallest absolute Gasteiger partial charge is 0.0161 e. The molecule has 1 fully saturated rings. The molecule has 0 atom stereocenters. The third-order valence-corrected chi connectivity index (χ3v) is 3.53. The Bertz CT molecular complexity index is 406. The second kappa shape index (κ2) is 10.5. The van der Waals surface area contributed by atoms with Gasteiger partial charge in [0.05, 0.1) is 0 Å². The van der Waals surface area contributed by atoms with Gasteiger partial charge in [0.1, 0.15) is 0 Å². The Morgan fingerprint density at radius 2 is 1.75 bits per heavy atom. The summed E-state index contributed by atoms with van der Waals surface area (Å²) in [7, 11) is 0. The molecule has 0 N–H and O–H groups in total. The summed E-state index contributed by atoms with van der Waals surface area (Å²) < 4.78 is 0. The molecule has 0 radical (unpaired) electrons. The van der Waals surface area contributed by atoms with Crippen LogP contribution in [0.25, 0.3) is 11.6 Å². The quantitative estimate of drug-likeness (QED) is 0.549. The highest BCUT2D eigenvalue weighted by Crippen LogP contribution is 2.23. The van der Waals surface area contributed by atoms with Crippen LogP contribution in [0.3, 0.4) is 0 Å². The molecule has 0 aliphatic heterocycles. The van der Waals surface area contributed by atoms with E-state index in [1.54, 1.807) is 0 Å². The van der Waals surface area contributed by atoms with Gasteiger partial charge in [-0.05, 0) is 30.9 Å². The first kappa shape index (κ1) is 18.7. The average Bonchev–Trinajstić information content (AvgIpc) is 2.92. The summed E-state index contributed by atoms with van der Waals surface area (Å²) in [6, 6.07) is 6.31. The van der Waals surface area contributed by atoms with Crippen molar-refractivity contribution in [3.63, 3.8) is 0 Å². The molecule has 0 aromatic heterocycles. The van der Waals surface area contributed by atoms with Gasteiger partial charge in [0.15, 0.2) is 0 Å². The molecule has 1 aliphatic rings. The van der Waals surface area contributed by atoms with Crippen molar-refractivity contribution < 1.29 is 0 Å². The van der Waals surface area contributed by atoms with Gasteiger partial charge in [-0.15, -0.1) is 0 Å². The molecule has 2 rings (SSSR count). The Kier molecular flexibility index (Phi) is 9.80. The van der Waals surface area contributed by atoms with Gasteiger partial charge in [0.2, 0.25) is 0 Å². The third-order valence-electron chi connectivity index (χ3n) is 3.53. The maximum absolute atomic E-state index is 3.92. The molecule has 1 aliphatic carbocycles. The second-order valence-corrected chi connectivity index (χ2v) is 5.46. The Hall–Kier alpha value is -1.30. The van der Waals surface area contributed by atoms with Gasteiger partial charge in [-0.1, -0.05) is 95.0 Å². The number of allylic oxidation sites excluding steroid dienone is 1. The standard InChI is InChI=1S/C12H14.C6H12.C2H6/c1-5-11-8-10(4)6-7-12(11)9(2)3;1-6-4-2-3-5-6;1-2/h5-8H,1-2H2,3-4H3;6H,2-5H2,1H3;1-2H3. The van der Waals surface area contributed by atoms with Crippen LogP contribution in [0, 0.1) is 12.8 Å². The van der Waals surface area contributed by atoms with E-state index in [1.165, 1.54) is 42.4 Å². The zero-order valence-electron chi connectivity index (χ0n) is 14.1. The number of hydrogen-bond acceptors (Lipinski definition) is 0. The van der Waals surface area contributed by atoms with Crippen molar-refractivity contribution in [2.75, 3.05) is 0 Å². The predicted octanol–water partition coefficient (Wildman–Crippen LogP) is 6.89. The van der Waals surface area contributed by atoms with Crippen LogP contribution in [0.2, 0.25) is 0 Å². The van der Waals surface area contributed by atoms with Crippen molar-refractivity contribution >= 4 is 11.6 Å². The molecule has 20 heavy (non-hydrogen) atoms. The van der Waals surface area contributed by atoms with Crippen molar-refractivity contribution in [2.24, 2.45) is 5.92 Å². The molecule has 0 unspecified atom stereocenters. The van der Waals surface area contributed by atoms with E-state index in [2.05, 4.69) is 45.2 Å². The molecule has 1 aromatic rings. The predicted molar refractivity (Wildman–Crippen MR) is 95.0 cm³/mol. The summed E-state index contributed by atoms with van der Waals surface area (Å²) in [5.41, 5.74) is 4.71. The lowest BCUT2D eigenvalue weighted by atomic mass is 10.00. The summed E-state index contributed by atoms with van der Waals surface area (Å²) in [5, 5.41) is 0. The van der Waals surface area contributed by atoms with E-state index >= 15 is 0 Å². The zero-order chi connectivity index (χ0) is 15.5. The van der Waals surface area contributed by atoms with Gasteiger partial charge < -0.3 is 0 Å². The van der Waals surface area contributed by atoms with Crippen LogP contribution < -0.4 is 0 Å². The van der Waals surface area contributed by atoms with E-state index in [0.29, 0.717) is 0 Å². The van der Waals surface area contributed by atoms with E-state index in [-0.39, 0.29) is 0 Å². The summed E-state index contributed by atoms with van der Waals surface area (Å²) in [6.45, 7) is 18.1. The van der Waals surface area contributed by atoms with Gasteiger partial charge in [0.25, 0.3) is 0 Å². The number of aryl methyl sites for hydroxylation is 1. The fourth-order valence-corrected chi connectivity index (χ4v) is 2.37. The maximum Gasteiger partial charge on any atom is -0.0161 e. The highest BCUT2D eigenvalue weighted by Gasteiger charge is 2.07. The molecule has 0 heterocycles. The average molecular weight is 272 g/mol. The van der Waals surface area contributed by atoms with Crippen molar-refractivity contribution in [2.45, 2.75) is 60.3 Å². The Labute approximate surface area is 126 Å². The van der Waals surface area contributed by atoms with E-state index in [1.807, 2.05) is 26.8 Å². The highest BCUT2D eigenvalue weighted by atomic mass is 14.1. The molecule has 0 spiro atoms. The van der Waals surface area contributed by atoms with Crippen LogP contribution in [0.5, 0.6) is 0 Å². The largest absolute Gasteiger partial charge is 0.0984 e. The van der Waals surface area contributed by atoms with Crippen molar-refractivity contribution in [3.8, 4) is 0 Å². The molecule has 0 nitrogen and oxygen atoms in total. The van der Waals surface area contributed by atoms with Crippen molar-refractivity contribution in [3.05, 3.63) is 48.0 Å². The minimum atomic E-state index is 1.05. The Morgan fingerprint density at radius 3 is 2.10 bits per heavy atom. The van der Waals surface area contributed by atoms with Crippen molar-refractivity contribution in [1.29, 1.82) is 0 Å². The van der Waals surface area contributed by atoms with E-state index < -0.39 is 0 Å². The fraction of sp³-hybridized carbons (Fsp3) is 0.500. The van der Waals surface area contributed by atoms with Gasteiger partial charge in [-0.25, -0.2) is 0 Å². The molecule has 1 aromatic carbocycles. The number of benzene rings is 1. The first-order valence-corrected chi connectivity index (χ1v) is 7.93. The van der Waals surface area contributed by atoms with Gasteiger partial charge in [-0.3, -0.25) is 0 Å². The minimum absolute atomic E-state index is 1.05. The van der Waals surface area contributed by atoms with Crippen molar-refractivity contribution in [1.82, 2.24) is 0 Å². The molecule has 1 saturated carbocycles. The van der Waals surface area contributed by atoms with E-state index in [4.69, 9.17) is 0 Å². The zero-order valence-corrected chi connectivity index (χ0v) is 14.1. The fourth-order valence-electron chi connectivity index (χ4n) is 2.37. The summed E-state index contributed by atoms with van der Waals surface area (Å²) in [6.07, 6.45) is 7.82. The number of rotatable bonds is 2. The lowest BCUT2D eigenvalue weighted by Gasteiger charge is -2.05. The Balaban J connectivity index is 0.000000377. The summed E-state index contributed by atoms with van der Waals surface area (Å²) in [5.74, 6) is 1.05. The normalized spacial score (nSPS) is 13.7. The van der Waals surface area contributed by atoms with Gasteiger partial charge >= 0.3 is 0 Å². The Morgan fingerprint density at radius 1 is 1.20 bits per heavy atom. The van der Waals surface area contributed by atoms with Crippen LogP contribution in [0.1, 0.15) is 70.1 Å². The van der Waals surface area contributed by atoms with Crippen LogP contribution in [0.15, 0.2) is 31.4 Å². The van der Waals surface area contributed by atoms with Gasteiger partial charge in [-0.2, -0.15) is 0 Å². The molecule has 112 valence electrons. The first-order valence-electron chi connectivity index (χ1n) is 7.93. The molecular weight excluding hydrogens is 240 g/mol. The van der Waals surface area contributed by atoms with E-state index in [9.17, 15) is 0 Å². The minimum Gasteiger partial charge on any atom is -0.0984 e. The van der Waals surface area contributed by atoms with E-state index in [0.717, 1.165) is 11.5 Å². The second-order valence-electron chi connectivity index (χ2n) is 5.46. The molecule has 0 bridgehead atoms. The summed E-state index contributed by atoms with van der Waals surface area (Å²) >= 11 is 0. The highest BCUT2D eigenvalue weighted by molar-refractivity contribution is 5.71. The SMILES string of the molecule is C=Cc1cc(C)ccc1C(=C)C.CC.CC1CCCC1. The molecule has 0 heteroatoms. The van der Waals surface area contributed by atoms with Crippen LogP contribution >= 0.6 is 0 Å². The molecule has 0 amide bonds. The van der Waals surface area contributed by atoms with Crippen LogP contribution in [-0.2, 0) is 0 Å². The molecular formula is C20H32. The summed E-state index contributed by atoms with van der Waals surface area (Å²) in [4.78, 5) is 0. The lowest BCUT2D eigenvalue weighted by Crippen LogP contribution is -1.85. The topological polar surface area (TPSA) is 0 Å². The first-order chi connectivity index (χ1) is 9.54. The van der Waals surface area contributed by atoms with Crippen LogP contribution in [0.4, 0.5) is 0 Å². The monoisotopic (exact) mass is 272 g/mol. The lowest BCUT2D eigenvalue weighted by molar-refractivity contribution is 0.612. The maximum atomic E-state index is 3.92.